The monoisotopic (exact) mass is 168 g/mol. The summed E-state index contributed by atoms with van der Waals surface area (Å²) in [7, 11) is 1.34. The molecule has 0 aromatic carbocycles. The third-order valence-electron chi connectivity index (χ3n) is 1.56. The lowest BCUT2D eigenvalue weighted by molar-refractivity contribution is -0.133. The van der Waals surface area contributed by atoms with E-state index in [1.165, 1.54) is 7.11 Å². The van der Waals surface area contributed by atoms with Crippen molar-refractivity contribution in [1.82, 2.24) is 0 Å². The van der Waals surface area contributed by atoms with Gasteiger partial charge in [0.05, 0.1) is 7.11 Å². The maximum atomic E-state index is 10.7. The number of ether oxygens (including phenoxy) is 1. The molecule has 2 heteroatoms. The van der Waals surface area contributed by atoms with Crippen molar-refractivity contribution >= 4 is 5.97 Å². The van der Waals surface area contributed by atoms with Crippen molar-refractivity contribution in [3.05, 3.63) is 0 Å². The summed E-state index contributed by atoms with van der Waals surface area (Å²) in [4.78, 5) is 10.7. The van der Waals surface area contributed by atoms with Crippen LogP contribution in [0.25, 0.3) is 0 Å². The van der Waals surface area contributed by atoms with Gasteiger partial charge in [0.1, 0.15) is 0 Å². The molecule has 68 valence electrons. The van der Waals surface area contributed by atoms with Crippen LogP contribution in [0.3, 0.4) is 0 Å². The van der Waals surface area contributed by atoms with Gasteiger partial charge in [-0.1, -0.05) is 19.3 Å². The molecule has 0 unspecified atom stereocenters. The van der Waals surface area contributed by atoms with Crippen molar-refractivity contribution < 1.29 is 9.53 Å². The van der Waals surface area contributed by atoms with Crippen molar-refractivity contribution in [1.29, 1.82) is 0 Å². The first-order chi connectivity index (χ1) is 5.52. The lowest BCUT2D eigenvalue weighted by Gasteiger charge is -2.14. The Balaban J connectivity index is 4.17. The average molecular weight is 168 g/mol. The molecule has 0 amide bonds. The molecule has 12 heavy (non-hydrogen) atoms. The van der Waals surface area contributed by atoms with Gasteiger partial charge in [-0.05, 0) is 20.3 Å². The van der Waals surface area contributed by atoms with Gasteiger partial charge < -0.3 is 4.74 Å². The summed E-state index contributed by atoms with van der Waals surface area (Å²) in [5.41, 5.74) is -0.0804. The van der Waals surface area contributed by atoms with Gasteiger partial charge in [-0.3, -0.25) is 0 Å². The van der Waals surface area contributed by atoms with Crippen LogP contribution in [0.4, 0.5) is 0 Å². The number of hydrogen-bond donors (Lipinski definition) is 0. The van der Waals surface area contributed by atoms with Crippen molar-refractivity contribution in [2.75, 3.05) is 7.11 Å². The molecule has 0 bridgehead atoms. The van der Waals surface area contributed by atoms with E-state index in [9.17, 15) is 4.79 Å². The number of carbonyl (C=O) groups is 1. The molecular weight excluding hydrogens is 152 g/mol. The fraction of sp³-hybridized carbons (Fsp3) is 0.700. The average Bonchev–Trinajstić information content (AvgIpc) is 2.00. The molecular formula is C10H16O2. The van der Waals surface area contributed by atoms with Crippen LogP contribution in [-0.4, -0.2) is 13.1 Å². The quantitative estimate of drug-likeness (QED) is 0.358. The minimum absolute atomic E-state index is 0.0804. The van der Waals surface area contributed by atoms with Crippen molar-refractivity contribution in [3.8, 4) is 11.8 Å². The number of esters is 1. The molecule has 0 saturated heterocycles. The summed E-state index contributed by atoms with van der Waals surface area (Å²) in [6, 6.07) is 0. The van der Waals surface area contributed by atoms with Gasteiger partial charge in [-0.2, -0.15) is 0 Å². The van der Waals surface area contributed by atoms with Gasteiger partial charge in [-0.25, -0.2) is 4.79 Å². The van der Waals surface area contributed by atoms with Crippen LogP contribution >= 0.6 is 0 Å². The summed E-state index contributed by atoms with van der Waals surface area (Å²) in [5, 5.41) is 0. The second-order valence-corrected chi connectivity index (χ2v) is 3.38. The van der Waals surface area contributed by atoms with Gasteiger partial charge in [0.25, 0.3) is 0 Å². The third kappa shape index (κ3) is 4.79. The zero-order chi connectivity index (χ0) is 9.61. The largest absolute Gasteiger partial charge is 0.459 e. The SMILES string of the molecule is CCCC(C)(C)C#CC(=O)OC. The van der Waals surface area contributed by atoms with Crippen LogP contribution < -0.4 is 0 Å². The molecule has 2 nitrogen and oxygen atoms in total. The molecule has 0 aliphatic heterocycles. The second kappa shape index (κ2) is 4.82. The van der Waals surface area contributed by atoms with Gasteiger partial charge in [0, 0.05) is 11.3 Å². The highest BCUT2D eigenvalue weighted by Gasteiger charge is 2.12. The maximum absolute atomic E-state index is 10.7. The van der Waals surface area contributed by atoms with Crippen LogP contribution in [0.2, 0.25) is 0 Å². The van der Waals surface area contributed by atoms with E-state index in [-0.39, 0.29) is 5.41 Å². The highest BCUT2D eigenvalue weighted by molar-refractivity contribution is 5.88. The molecule has 0 heterocycles. The van der Waals surface area contributed by atoms with Crippen molar-refractivity contribution in [2.24, 2.45) is 5.41 Å². The van der Waals surface area contributed by atoms with Gasteiger partial charge in [-0.15, -0.1) is 0 Å². The summed E-state index contributed by atoms with van der Waals surface area (Å²) >= 11 is 0. The van der Waals surface area contributed by atoms with Crippen molar-refractivity contribution in [2.45, 2.75) is 33.6 Å². The lowest BCUT2D eigenvalue weighted by Crippen LogP contribution is -2.08. The summed E-state index contributed by atoms with van der Waals surface area (Å²) < 4.78 is 4.41. The van der Waals surface area contributed by atoms with Gasteiger partial charge in [0.2, 0.25) is 0 Å². The van der Waals surface area contributed by atoms with E-state index in [1.807, 2.05) is 13.8 Å². The highest BCUT2D eigenvalue weighted by Crippen LogP contribution is 2.20. The predicted molar refractivity (Wildman–Crippen MR) is 48.5 cm³/mol. The Bertz CT molecular complexity index is 206. The smallest absolute Gasteiger partial charge is 0.384 e. The predicted octanol–water partition coefficient (Wildman–Crippen LogP) is 1.99. The lowest BCUT2D eigenvalue weighted by atomic mass is 9.89. The topological polar surface area (TPSA) is 26.3 Å². The molecule has 0 rings (SSSR count). The third-order valence-corrected chi connectivity index (χ3v) is 1.56. The minimum Gasteiger partial charge on any atom is -0.459 e. The number of carbonyl (C=O) groups excluding carboxylic acids is 1. The van der Waals surface area contributed by atoms with E-state index in [0.717, 1.165) is 12.8 Å². The van der Waals surface area contributed by atoms with Crippen LogP contribution in [-0.2, 0) is 9.53 Å². The van der Waals surface area contributed by atoms with Crippen LogP contribution in [0.1, 0.15) is 33.6 Å². The second-order valence-electron chi connectivity index (χ2n) is 3.38. The molecule has 0 aliphatic carbocycles. The molecule has 0 radical (unpaired) electrons. The molecule has 0 fully saturated rings. The Labute approximate surface area is 74.3 Å². The van der Waals surface area contributed by atoms with E-state index < -0.39 is 5.97 Å². The first-order valence-electron chi connectivity index (χ1n) is 4.13. The first-order valence-corrected chi connectivity index (χ1v) is 4.13. The fourth-order valence-electron chi connectivity index (χ4n) is 0.959. The number of rotatable bonds is 2. The van der Waals surface area contributed by atoms with Crippen molar-refractivity contribution in [3.63, 3.8) is 0 Å². The molecule has 0 N–H and O–H groups in total. The summed E-state index contributed by atoms with van der Waals surface area (Å²) in [6.07, 6.45) is 2.07. The Kier molecular flexibility index (Phi) is 4.43. The molecule has 0 aromatic rings. The van der Waals surface area contributed by atoms with E-state index >= 15 is 0 Å². The van der Waals surface area contributed by atoms with Crippen LogP contribution in [0, 0.1) is 17.3 Å². The molecule has 0 aliphatic rings. The Morgan fingerprint density at radius 1 is 1.50 bits per heavy atom. The maximum Gasteiger partial charge on any atom is 0.384 e. The van der Waals surface area contributed by atoms with Crippen LogP contribution in [0.5, 0.6) is 0 Å². The van der Waals surface area contributed by atoms with E-state index in [4.69, 9.17) is 0 Å². The summed E-state index contributed by atoms with van der Waals surface area (Å²) in [5.74, 6) is 4.87. The Hall–Kier alpha value is -0.970. The molecule has 0 atom stereocenters. The van der Waals surface area contributed by atoms with Crippen LogP contribution in [0.15, 0.2) is 0 Å². The summed E-state index contributed by atoms with van der Waals surface area (Å²) in [6.45, 7) is 6.14. The van der Waals surface area contributed by atoms with E-state index in [0.29, 0.717) is 0 Å². The molecule has 0 spiro atoms. The Morgan fingerprint density at radius 3 is 2.50 bits per heavy atom. The number of methoxy groups -OCH3 is 1. The number of hydrogen-bond acceptors (Lipinski definition) is 2. The first kappa shape index (κ1) is 11.0. The van der Waals surface area contributed by atoms with E-state index in [1.54, 1.807) is 0 Å². The zero-order valence-electron chi connectivity index (χ0n) is 8.23. The minimum atomic E-state index is -0.459. The van der Waals surface area contributed by atoms with Gasteiger partial charge in [0.15, 0.2) is 0 Å². The Morgan fingerprint density at radius 2 is 2.08 bits per heavy atom. The molecule has 0 saturated carbocycles. The standard InChI is InChI=1S/C10H16O2/c1-5-7-10(2,3)8-6-9(11)12-4/h5,7H2,1-4H3. The fourth-order valence-corrected chi connectivity index (χ4v) is 0.959. The normalized spacial score (nSPS) is 10.0. The zero-order valence-corrected chi connectivity index (χ0v) is 8.23. The van der Waals surface area contributed by atoms with Gasteiger partial charge >= 0.3 is 5.97 Å². The highest BCUT2D eigenvalue weighted by atomic mass is 16.5. The molecule has 0 aromatic heterocycles. The van der Waals surface area contributed by atoms with E-state index in [2.05, 4.69) is 23.5 Å².